The third-order valence-electron chi connectivity index (χ3n) is 4.19. The molecule has 0 bridgehead atoms. The van der Waals surface area contributed by atoms with Crippen molar-refractivity contribution in [2.45, 2.75) is 27.2 Å². The van der Waals surface area contributed by atoms with Crippen LogP contribution in [0, 0.1) is 5.92 Å². The average molecular weight is 492 g/mol. The van der Waals surface area contributed by atoms with Crippen LogP contribution in [0.3, 0.4) is 0 Å². The molecule has 1 aliphatic rings. The fraction of sp³-hybridized carbons (Fsp3) is 0.722. The highest BCUT2D eigenvalue weighted by molar-refractivity contribution is 14.0. The van der Waals surface area contributed by atoms with Crippen LogP contribution in [0.5, 0.6) is 0 Å². The molecule has 1 fully saturated rings. The molecule has 1 saturated heterocycles. The second kappa shape index (κ2) is 12.2. The number of anilines is 1. The molecule has 0 aliphatic carbocycles. The first-order chi connectivity index (χ1) is 12.5. The van der Waals surface area contributed by atoms with Gasteiger partial charge < -0.3 is 19.9 Å². The third kappa shape index (κ3) is 7.65. The summed E-state index contributed by atoms with van der Waals surface area (Å²) in [5.41, 5.74) is 0.845. The van der Waals surface area contributed by atoms with E-state index in [2.05, 4.69) is 29.3 Å². The molecule has 27 heavy (non-hydrogen) atoms. The fourth-order valence-electron chi connectivity index (χ4n) is 2.74. The van der Waals surface area contributed by atoms with Gasteiger partial charge in [-0.15, -0.1) is 24.0 Å². The predicted octanol–water partition coefficient (Wildman–Crippen LogP) is 1.71. The van der Waals surface area contributed by atoms with Crippen LogP contribution < -0.4 is 10.2 Å². The van der Waals surface area contributed by atoms with Crippen LogP contribution in [-0.4, -0.2) is 72.5 Å². The molecule has 0 radical (unpaired) electrons. The normalized spacial score (nSPS) is 15.3. The number of hydrogen-bond acceptors (Lipinski definition) is 4. The Kier molecular flexibility index (Phi) is 10.7. The minimum absolute atomic E-state index is 0. The predicted molar refractivity (Wildman–Crippen MR) is 119 cm³/mol. The average Bonchev–Trinajstić information content (AvgIpc) is 3.02. The van der Waals surface area contributed by atoms with Gasteiger partial charge in [-0.1, -0.05) is 13.8 Å². The SMILES string of the molecule is CCNC(=NCCOCCC(C)C)N1CCN(c2cnn(C)c2)C(=O)C1.I. The zero-order chi connectivity index (χ0) is 18.9. The number of hydrogen-bond donors (Lipinski definition) is 1. The Hall–Kier alpha value is -1.36. The summed E-state index contributed by atoms with van der Waals surface area (Å²) in [5, 5.41) is 7.42. The van der Waals surface area contributed by atoms with Gasteiger partial charge in [0.2, 0.25) is 5.91 Å². The molecule has 8 nitrogen and oxygen atoms in total. The number of halogens is 1. The number of amides is 1. The second-order valence-corrected chi connectivity index (χ2v) is 6.87. The Morgan fingerprint density at radius 1 is 1.37 bits per heavy atom. The Morgan fingerprint density at radius 2 is 2.15 bits per heavy atom. The van der Waals surface area contributed by atoms with Gasteiger partial charge in [0.15, 0.2) is 5.96 Å². The van der Waals surface area contributed by atoms with E-state index in [0.29, 0.717) is 32.2 Å². The monoisotopic (exact) mass is 492 g/mol. The number of piperazine rings is 1. The van der Waals surface area contributed by atoms with Gasteiger partial charge >= 0.3 is 0 Å². The first kappa shape index (κ1) is 23.7. The van der Waals surface area contributed by atoms with Gasteiger partial charge in [0.1, 0.15) is 6.54 Å². The topological polar surface area (TPSA) is 75.0 Å². The molecular weight excluding hydrogens is 459 g/mol. The maximum Gasteiger partial charge on any atom is 0.246 e. The molecule has 1 aromatic heterocycles. The summed E-state index contributed by atoms with van der Waals surface area (Å²) in [6.45, 7) is 10.8. The largest absolute Gasteiger partial charge is 0.380 e. The quantitative estimate of drug-likeness (QED) is 0.259. The number of nitrogens with zero attached hydrogens (tertiary/aromatic N) is 5. The van der Waals surface area contributed by atoms with E-state index in [-0.39, 0.29) is 29.9 Å². The van der Waals surface area contributed by atoms with Gasteiger partial charge in [-0.3, -0.25) is 14.5 Å². The highest BCUT2D eigenvalue weighted by atomic mass is 127. The Morgan fingerprint density at radius 3 is 2.74 bits per heavy atom. The van der Waals surface area contributed by atoms with Gasteiger partial charge in [0.05, 0.1) is 25.0 Å². The van der Waals surface area contributed by atoms with Gasteiger partial charge in [-0.05, 0) is 19.3 Å². The number of nitrogens with one attached hydrogen (secondary N) is 1. The molecule has 1 aliphatic heterocycles. The molecule has 0 aromatic carbocycles. The van der Waals surface area contributed by atoms with E-state index in [0.717, 1.165) is 37.8 Å². The van der Waals surface area contributed by atoms with E-state index >= 15 is 0 Å². The fourth-order valence-corrected chi connectivity index (χ4v) is 2.74. The van der Waals surface area contributed by atoms with Crippen LogP contribution in [0.1, 0.15) is 27.2 Å². The lowest BCUT2D eigenvalue weighted by molar-refractivity contribution is -0.120. The molecular formula is C18H33IN6O2. The van der Waals surface area contributed by atoms with E-state index in [1.54, 1.807) is 15.8 Å². The molecule has 154 valence electrons. The van der Waals surface area contributed by atoms with Crippen LogP contribution >= 0.6 is 24.0 Å². The van der Waals surface area contributed by atoms with E-state index in [4.69, 9.17) is 4.74 Å². The Labute approximate surface area is 179 Å². The molecule has 1 N–H and O–H groups in total. The molecule has 2 heterocycles. The number of ether oxygens (including phenoxy) is 1. The lowest BCUT2D eigenvalue weighted by Gasteiger charge is -2.35. The van der Waals surface area contributed by atoms with Crippen LogP contribution in [-0.2, 0) is 16.6 Å². The van der Waals surface area contributed by atoms with Crippen molar-refractivity contribution in [3.05, 3.63) is 12.4 Å². The number of aryl methyl sites for hydroxylation is 1. The van der Waals surface area contributed by atoms with Gasteiger partial charge in [0, 0.05) is 39.5 Å². The lowest BCUT2D eigenvalue weighted by Crippen LogP contribution is -2.55. The maximum atomic E-state index is 12.5. The third-order valence-corrected chi connectivity index (χ3v) is 4.19. The van der Waals surface area contributed by atoms with Gasteiger partial charge in [0.25, 0.3) is 0 Å². The number of aromatic nitrogens is 2. The highest BCUT2D eigenvalue weighted by Gasteiger charge is 2.27. The summed E-state index contributed by atoms with van der Waals surface area (Å²) in [7, 11) is 1.85. The number of aliphatic imine (C=N–C) groups is 1. The van der Waals surface area contributed by atoms with Crippen LogP contribution in [0.2, 0.25) is 0 Å². The molecule has 1 amide bonds. The first-order valence-corrected chi connectivity index (χ1v) is 9.41. The number of carbonyl (C=O) groups is 1. The molecule has 0 atom stereocenters. The minimum atomic E-state index is 0. The molecule has 0 unspecified atom stereocenters. The summed E-state index contributed by atoms with van der Waals surface area (Å²) < 4.78 is 7.33. The zero-order valence-electron chi connectivity index (χ0n) is 16.8. The molecule has 2 rings (SSSR count). The van der Waals surface area contributed by atoms with E-state index < -0.39 is 0 Å². The van der Waals surface area contributed by atoms with Crippen LogP contribution in [0.4, 0.5) is 5.69 Å². The van der Waals surface area contributed by atoms with E-state index in [1.165, 1.54) is 0 Å². The standard InChI is InChI=1S/C18H32N6O2.HI/c1-5-19-18(20-7-11-26-10-6-15(2)3)23-8-9-24(17(25)14-23)16-12-21-22(4)13-16;/h12-13,15H,5-11,14H2,1-4H3,(H,19,20);1H. The molecule has 0 spiro atoms. The van der Waals surface area contributed by atoms with E-state index in [9.17, 15) is 4.79 Å². The Balaban J connectivity index is 0.00000364. The maximum absolute atomic E-state index is 12.5. The summed E-state index contributed by atoms with van der Waals surface area (Å²) in [6.07, 6.45) is 4.65. The molecule has 1 aromatic rings. The summed E-state index contributed by atoms with van der Waals surface area (Å²) in [4.78, 5) is 20.9. The second-order valence-electron chi connectivity index (χ2n) is 6.87. The van der Waals surface area contributed by atoms with Gasteiger partial charge in [-0.2, -0.15) is 5.10 Å². The minimum Gasteiger partial charge on any atom is -0.380 e. The van der Waals surface area contributed by atoms with Gasteiger partial charge in [-0.25, -0.2) is 0 Å². The van der Waals surface area contributed by atoms with Crippen molar-refractivity contribution in [3.63, 3.8) is 0 Å². The molecule has 9 heteroatoms. The van der Waals surface area contributed by atoms with Crippen molar-refractivity contribution in [2.24, 2.45) is 18.0 Å². The first-order valence-electron chi connectivity index (χ1n) is 9.41. The Bertz CT molecular complexity index is 604. The van der Waals surface area contributed by atoms with Crippen molar-refractivity contribution in [2.75, 3.05) is 50.8 Å². The van der Waals surface area contributed by atoms with Crippen molar-refractivity contribution < 1.29 is 9.53 Å². The summed E-state index contributed by atoms with van der Waals surface area (Å²) >= 11 is 0. The number of guanidine groups is 1. The van der Waals surface area contributed by atoms with Crippen molar-refractivity contribution in [3.8, 4) is 0 Å². The number of carbonyl (C=O) groups excluding carboxylic acids is 1. The van der Waals surface area contributed by atoms with Crippen molar-refractivity contribution in [1.82, 2.24) is 20.0 Å². The summed E-state index contributed by atoms with van der Waals surface area (Å²) in [5.74, 6) is 1.49. The smallest absolute Gasteiger partial charge is 0.246 e. The van der Waals surface area contributed by atoms with Crippen LogP contribution in [0.25, 0.3) is 0 Å². The van der Waals surface area contributed by atoms with Crippen LogP contribution in [0.15, 0.2) is 17.4 Å². The lowest BCUT2D eigenvalue weighted by atomic mass is 10.1. The molecule has 0 saturated carbocycles. The van der Waals surface area contributed by atoms with E-state index in [1.807, 2.05) is 25.1 Å². The summed E-state index contributed by atoms with van der Waals surface area (Å²) in [6, 6.07) is 0. The van der Waals surface area contributed by atoms with Crippen molar-refractivity contribution in [1.29, 1.82) is 0 Å². The zero-order valence-corrected chi connectivity index (χ0v) is 19.2. The highest BCUT2D eigenvalue weighted by Crippen LogP contribution is 2.16. The number of rotatable bonds is 8. The van der Waals surface area contributed by atoms with Crippen molar-refractivity contribution >= 4 is 41.5 Å².